The summed E-state index contributed by atoms with van der Waals surface area (Å²) in [6, 6.07) is 14.2. The highest BCUT2D eigenvalue weighted by Crippen LogP contribution is 2.22. The van der Waals surface area contributed by atoms with E-state index in [9.17, 15) is 9.59 Å². The van der Waals surface area contributed by atoms with Crippen LogP contribution in [0, 0.1) is 0 Å². The van der Waals surface area contributed by atoms with Gasteiger partial charge in [0.25, 0.3) is 11.8 Å². The Bertz CT molecular complexity index is 713. The summed E-state index contributed by atoms with van der Waals surface area (Å²) in [6.45, 7) is 0.979. The quantitative estimate of drug-likeness (QED) is 0.556. The fourth-order valence-corrected chi connectivity index (χ4v) is 3.29. The molecule has 2 aromatic rings. The molecule has 0 aromatic heterocycles. The van der Waals surface area contributed by atoms with Gasteiger partial charge < -0.3 is 4.74 Å². The molecule has 2 aromatic carbocycles. The fourth-order valence-electron chi connectivity index (χ4n) is 2.45. The van der Waals surface area contributed by atoms with Crippen molar-refractivity contribution in [1.29, 1.82) is 0 Å². The summed E-state index contributed by atoms with van der Waals surface area (Å²) in [5, 5.41) is 0.678. The van der Waals surface area contributed by atoms with Gasteiger partial charge in [-0.1, -0.05) is 23.7 Å². The van der Waals surface area contributed by atoms with Crippen molar-refractivity contribution in [1.82, 2.24) is 4.90 Å². The zero-order valence-electron chi connectivity index (χ0n) is 12.9. The molecular formula is C18H16ClNO3S. The molecule has 3 rings (SSSR count). The lowest BCUT2D eigenvalue weighted by molar-refractivity contribution is 0.0664. The van der Waals surface area contributed by atoms with E-state index in [1.54, 1.807) is 48.2 Å². The molecule has 24 heavy (non-hydrogen) atoms. The number of carbonyl (C=O) groups is 2. The van der Waals surface area contributed by atoms with Crippen molar-refractivity contribution in [3.8, 4) is 5.75 Å². The molecule has 0 saturated heterocycles. The van der Waals surface area contributed by atoms with Crippen LogP contribution in [0.2, 0.25) is 5.02 Å². The van der Waals surface area contributed by atoms with Crippen molar-refractivity contribution >= 4 is 35.2 Å². The number of halogens is 1. The number of thioether (sulfide) groups is 1. The van der Waals surface area contributed by atoms with Gasteiger partial charge in [-0.25, -0.2) is 0 Å². The third-order valence-electron chi connectivity index (χ3n) is 3.65. The van der Waals surface area contributed by atoms with Crippen LogP contribution in [0.15, 0.2) is 48.5 Å². The molecule has 0 unspecified atom stereocenters. The smallest absolute Gasteiger partial charge is 0.261 e. The number of nitrogens with zero attached hydrogens (tertiary/aromatic N) is 1. The van der Waals surface area contributed by atoms with E-state index in [1.165, 1.54) is 4.90 Å². The second-order valence-corrected chi connectivity index (χ2v) is 6.88. The summed E-state index contributed by atoms with van der Waals surface area (Å²) in [5.74, 6) is 1.85. The second-order valence-electron chi connectivity index (χ2n) is 5.22. The molecule has 1 aliphatic rings. The van der Waals surface area contributed by atoms with Gasteiger partial charge in [0.15, 0.2) is 0 Å². The van der Waals surface area contributed by atoms with Crippen molar-refractivity contribution in [2.75, 3.05) is 24.7 Å². The Morgan fingerprint density at radius 2 is 1.54 bits per heavy atom. The highest BCUT2D eigenvalue weighted by Gasteiger charge is 2.34. The van der Waals surface area contributed by atoms with E-state index in [2.05, 4.69) is 0 Å². The van der Waals surface area contributed by atoms with Crippen LogP contribution < -0.4 is 4.74 Å². The van der Waals surface area contributed by atoms with Gasteiger partial charge in [-0.2, -0.15) is 11.8 Å². The molecule has 0 spiro atoms. The minimum absolute atomic E-state index is 0.200. The average molecular weight is 362 g/mol. The number of benzene rings is 2. The van der Waals surface area contributed by atoms with E-state index in [-0.39, 0.29) is 11.8 Å². The van der Waals surface area contributed by atoms with Crippen LogP contribution in [0.25, 0.3) is 0 Å². The van der Waals surface area contributed by atoms with Crippen LogP contribution in [-0.4, -0.2) is 41.4 Å². The number of hydrogen-bond acceptors (Lipinski definition) is 4. The molecule has 2 amide bonds. The minimum Gasteiger partial charge on any atom is -0.493 e. The topological polar surface area (TPSA) is 46.6 Å². The van der Waals surface area contributed by atoms with Crippen LogP contribution in [-0.2, 0) is 0 Å². The van der Waals surface area contributed by atoms with E-state index in [1.807, 2.05) is 12.1 Å². The summed E-state index contributed by atoms with van der Waals surface area (Å²) >= 11 is 7.46. The zero-order chi connectivity index (χ0) is 16.9. The third kappa shape index (κ3) is 3.74. The van der Waals surface area contributed by atoms with Crippen LogP contribution in [0.5, 0.6) is 5.75 Å². The van der Waals surface area contributed by atoms with Crippen LogP contribution in [0.1, 0.15) is 20.7 Å². The Kier molecular flexibility index (Phi) is 5.43. The number of rotatable bonds is 7. The second kappa shape index (κ2) is 7.73. The third-order valence-corrected chi connectivity index (χ3v) is 4.83. The Morgan fingerprint density at radius 3 is 2.17 bits per heavy atom. The van der Waals surface area contributed by atoms with Gasteiger partial charge in [0.05, 0.1) is 17.7 Å². The van der Waals surface area contributed by atoms with Crippen LogP contribution in [0.4, 0.5) is 0 Å². The number of fused-ring (bicyclic) bond motifs is 1. The predicted molar refractivity (Wildman–Crippen MR) is 96.1 cm³/mol. The van der Waals surface area contributed by atoms with Gasteiger partial charge in [0, 0.05) is 23.1 Å². The van der Waals surface area contributed by atoms with Crippen molar-refractivity contribution in [2.24, 2.45) is 0 Å². The molecule has 124 valence electrons. The summed E-state index contributed by atoms with van der Waals surface area (Å²) in [7, 11) is 0. The van der Waals surface area contributed by atoms with Gasteiger partial charge in [0.1, 0.15) is 5.75 Å². The van der Waals surface area contributed by atoms with Crippen LogP contribution >= 0.6 is 23.4 Å². The summed E-state index contributed by atoms with van der Waals surface area (Å²) in [5.41, 5.74) is 0.997. The predicted octanol–water partition coefficient (Wildman–Crippen LogP) is 3.75. The molecule has 0 fully saturated rings. The summed E-state index contributed by atoms with van der Waals surface area (Å²) in [4.78, 5) is 25.7. The highest BCUT2D eigenvalue weighted by molar-refractivity contribution is 7.99. The molecule has 0 aliphatic carbocycles. The first kappa shape index (κ1) is 16.9. The largest absolute Gasteiger partial charge is 0.493 e. The molecule has 0 radical (unpaired) electrons. The van der Waals surface area contributed by atoms with E-state index in [0.29, 0.717) is 35.1 Å². The number of carbonyl (C=O) groups excluding carboxylic acids is 2. The Labute approximate surface area is 149 Å². The first-order chi connectivity index (χ1) is 11.7. The molecule has 4 nitrogen and oxygen atoms in total. The van der Waals surface area contributed by atoms with Gasteiger partial charge in [-0.05, 0) is 36.4 Å². The van der Waals surface area contributed by atoms with E-state index < -0.39 is 0 Å². The van der Waals surface area contributed by atoms with Crippen molar-refractivity contribution in [3.05, 3.63) is 64.7 Å². The first-order valence-corrected chi connectivity index (χ1v) is 9.11. The highest BCUT2D eigenvalue weighted by atomic mass is 35.5. The lowest BCUT2D eigenvalue weighted by Gasteiger charge is -2.13. The minimum atomic E-state index is -0.200. The number of amides is 2. The Morgan fingerprint density at radius 1 is 0.917 bits per heavy atom. The maximum absolute atomic E-state index is 12.2. The molecule has 0 N–H and O–H groups in total. The van der Waals surface area contributed by atoms with Crippen LogP contribution in [0.3, 0.4) is 0 Å². The molecule has 1 aliphatic heterocycles. The van der Waals surface area contributed by atoms with Crippen molar-refractivity contribution in [2.45, 2.75) is 0 Å². The molecule has 1 heterocycles. The first-order valence-electron chi connectivity index (χ1n) is 7.58. The number of hydrogen-bond donors (Lipinski definition) is 0. The molecule has 0 saturated carbocycles. The number of imide groups is 1. The normalized spacial score (nSPS) is 13.3. The van der Waals surface area contributed by atoms with Gasteiger partial charge >= 0.3 is 0 Å². The molecule has 6 heteroatoms. The lowest BCUT2D eigenvalue weighted by atomic mass is 10.1. The van der Waals surface area contributed by atoms with E-state index >= 15 is 0 Å². The maximum atomic E-state index is 12.2. The molecule has 0 atom stereocenters. The van der Waals surface area contributed by atoms with Crippen molar-refractivity contribution in [3.63, 3.8) is 0 Å². The fraction of sp³-hybridized carbons (Fsp3) is 0.222. The zero-order valence-corrected chi connectivity index (χ0v) is 14.5. The lowest BCUT2D eigenvalue weighted by Crippen LogP contribution is -2.32. The van der Waals surface area contributed by atoms with Gasteiger partial charge in [-0.3, -0.25) is 14.5 Å². The van der Waals surface area contributed by atoms with E-state index in [4.69, 9.17) is 16.3 Å². The number of ether oxygens (including phenoxy) is 1. The Hall–Kier alpha value is -1.98. The SMILES string of the molecule is O=C1c2ccccc2C(=O)N1CCSCCOc1ccc(Cl)cc1. The van der Waals surface area contributed by atoms with E-state index in [0.717, 1.165) is 11.5 Å². The summed E-state index contributed by atoms with van der Waals surface area (Å²) in [6.07, 6.45) is 0. The standard InChI is InChI=1S/C18H16ClNO3S/c19-13-5-7-14(8-6-13)23-10-12-24-11-9-20-17(21)15-3-1-2-4-16(15)18(20)22/h1-8H,9-12H2. The molecule has 0 bridgehead atoms. The van der Waals surface area contributed by atoms with Crippen molar-refractivity contribution < 1.29 is 14.3 Å². The maximum Gasteiger partial charge on any atom is 0.261 e. The van der Waals surface area contributed by atoms with Gasteiger partial charge in [-0.15, -0.1) is 0 Å². The Balaban J connectivity index is 1.39. The van der Waals surface area contributed by atoms with Gasteiger partial charge in [0.2, 0.25) is 0 Å². The average Bonchev–Trinajstić information content (AvgIpc) is 2.84. The molecular weight excluding hydrogens is 346 g/mol. The monoisotopic (exact) mass is 361 g/mol. The summed E-state index contributed by atoms with van der Waals surface area (Å²) < 4.78 is 5.60.